The molecule has 1 amide bonds. The number of carbonyl (C=O) groups excluding carboxylic acids is 2. The minimum atomic E-state index is -0.541. The zero-order valence-corrected chi connectivity index (χ0v) is 20.3. The number of anilines is 1. The van der Waals surface area contributed by atoms with Crippen LogP contribution in [-0.2, 0) is 14.3 Å². The van der Waals surface area contributed by atoms with E-state index in [9.17, 15) is 9.59 Å². The number of hydrogen-bond acceptors (Lipinski definition) is 4. The van der Waals surface area contributed by atoms with Gasteiger partial charge in [-0.1, -0.05) is 17.7 Å². The van der Waals surface area contributed by atoms with Crippen molar-refractivity contribution in [3.05, 3.63) is 94.0 Å². The van der Waals surface area contributed by atoms with Gasteiger partial charge in [-0.15, -0.1) is 0 Å². The summed E-state index contributed by atoms with van der Waals surface area (Å²) in [5.74, 6) is -0.131. The first-order valence-electron chi connectivity index (χ1n) is 11.0. The van der Waals surface area contributed by atoms with Crippen LogP contribution < -0.4 is 9.64 Å². The Balaban J connectivity index is 1.82. The summed E-state index contributed by atoms with van der Waals surface area (Å²) in [7, 11) is 2.91. The second-order valence-corrected chi connectivity index (χ2v) is 8.35. The van der Waals surface area contributed by atoms with E-state index in [-0.39, 0.29) is 11.5 Å². The molecule has 0 fully saturated rings. The molecule has 6 nitrogen and oxygen atoms in total. The average molecular weight is 457 g/mol. The van der Waals surface area contributed by atoms with Crippen molar-refractivity contribution in [1.29, 1.82) is 0 Å². The van der Waals surface area contributed by atoms with E-state index in [1.165, 1.54) is 17.6 Å². The topological polar surface area (TPSA) is 60.8 Å². The summed E-state index contributed by atoms with van der Waals surface area (Å²) in [6.45, 7) is 7.84. The molecule has 0 N–H and O–H groups in total. The maximum atomic E-state index is 13.6. The number of aryl methyl sites for hydroxylation is 2. The quantitative estimate of drug-likeness (QED) is 0.387. The third-order valence-corrected chi connectivity index (χ3v) is 6.18. The number of carbonyl (C=O) groups is 2. The molecule has 0 saturated heterocycles. The summed E-state index contributed by atoms with van der Waals surface area (Å²) in [5, 5.41) is 0. The summed E-state index contributed by atoms with van der Waals surface area (Å²) in [5.41, 5.74) is 6.87. The van der Waals surface area contributed by atoms with Crippen LogP contribution in [-0.4, -0.2) is 30.7 Å². The second-order valence-electron chi connectivity index (χ2n) is 8.35. The Morgan fingerprint density at radius 2 is 1.50 bits per heavy atom. The van der Waals surface area contributed by atoms with Crippen LogP contribution in [0, 0.1) is 20.8 Å². The van der Waals surface area contributed by atoms with E-state index < -0.39 is 5.97 Å². The molecule has 34 heavy (non-hydrogen) atoms. The molecule has 0 atom stereocenters. The first-order valence-corrected chi connectivity index (χ1v) is 11.0. The highest BCUT2D eigenvalue weighted by molar-refractivity contribution is 6.23. The number of ether oxygens (including phenoxy) is 2. The Bertz CT molecular complexity index is 1330. The molecule has 0 unspecified atom stereocenters. The minimum absolute atomic E-state index is 0.267. The van der Waals surface area contributed by atoms with Gasteiger partial charge >= 0.3 is 5.97 Å². The molecule has 1 aliphatic rings. The third-order valence-electron chi connectivity index (χ3n) is 6.18. The van der Waals surface area contributed by atoms with Gasteiger partial charge in [0.15, 0.2) is 0 Å². The third kappa shape index (κ3) is 3.92. The number of benzene rings is 2. The highest BCUT2D eigenvalue weighted by Gasteiger charge is 2.38. The number of aromatic nitrogens is 1. The Morgan fingerprint density at radius 1 is 0.882 bits per heavy atom. The van der Waals surface area contributed by atoms with Gasteiger partial charge in [0.2, 0.25) is 0 Å². The predicted molar refractivity (Wildman–Crippen MR) is 133 cm³/mol. The van der Waals surface area contributed by atoms with E-state index in [1.807, 2.05) is 19.9 Å². The van der Waals surface area contributed by atoms with E-state index in [4.69, 9.17) is 9.47 Å². The fourth-order valence-electron chi connectivity index (χ4n) is 4.40. The van der Waals surface area contributed by atoms with Gasteiger partial charge in [0.25, 0.3) is 5.91 Å². The van der Waals surface area contributed by atoms with Gasteiger partial charge in [-0.25, -0.2) is 4.79 Å². The Hall–Kier alpha value is -4.06. The van der Waals surface area contributed by atoms with Gasteiger partial charge in [-0.3, -0.25) is 9.69 Å². The number of hydrogen-bond donors (Lipinski definition) is 0. The van der Waals surface area contributed by atoms with Crippen LogP contribution in [0.5, 0.6) is 5.75 Å². The summed E-state index contributed by atoms with van der Waals surface area (Å²) >= 11 is 0. The fourth-order valence-corrected chi connectivity index (χ4v) is 4.40. The number of amides is 1. The fraction of sp³-hybridized carbons (Fsp3) is 0.214. The molecular formula is C28H28N2O4. The van der Waals surface area contributed by atoms with Crippen LogP contribution in [0.15, 0.2) is 71.4 Å². The Kier molecular flexibility index (Phi) is 6.16. The molecular weight excluding hydrogens is 428 g/mol. The van der Waals surface area contributed by atoms with Crippen molar-refractivity contribution in [2.24, 2.45) is 0 Å². The van der Waals surface area contributed by atoms with Gasteiger partial charge in [0, 0.05) is 28.5 Å². The maximum absolute atomic E-state index is 13.6. The normalized spacial score (nSPS) is 14.8. The molecule has 4 rings (SSSR count). The molecule has 1 aromatic heterocycles. The van der Waals surface area contributed by atoms with Crippen molar-refractivity contribution in [2.45, 2.75) is 27.7 Å². The van der Waals surface area contributed by atoms with Crippen LogP contribution in [0.4, 0.5) is 5.69 Å². The zero-order valence-electron chi connectivity index (χ0n) is 20.3. The number of methoxy groups -OCH3 is 2. The van der Waals surface area contributed by atoms with Crippen molar-refractivity contribution < 1.29 is 19.1 Å². The van der Waals surface area contributed by atoms with Gasteiger partial charge in [-0.05, 0) is 81.8 Å². The zero-order chi connectivity index (χ0) is 24.6. The van der Waals surface area contributed by atoms with E-state index in [1.54, 1.807) is 44.4 Å². The standard InChI is InChI=1S/C28H28N2O4/c1-17-7-9-22(10-8-17)29-18(2)15-21(19(29)3)16-25-26(28(32)34-6)20(4)30(27(25)31)23-11-13-24(33-5)14-12-23/h7-16H,1-6H3. The average Bonchev–Trinajstić information content (AvgIpc) is 3.25. The molecule has 174 valence electrons. The predicted octanol–water partition coefficient (Wildman–Crippen LogP) is 5.29. The summed E-state index contributed by atoms with van der Waals surface area (Å²) in [4.78, 5) is 27.9. The van der Waals surface area contributed by atoms with Crippen molar-refractivity contribution >= 4 is 23.6 Å². The highest BCUT2D eigenvalue weighted by atomic mass is 16.5. The molecule has 2 heterocycles. The Morgan fingerprint density at radius 3 is 2.09 bits per heavy atom. The lowest BCUT2D eigenvalue weighted by molar-refractivity contribution is -0.136. The van der Waals surface area contributed by atoms with Gasteiger partial charge in [0.1, 0.15) is 5.75 Å². The van der Waals surface area contributed by atoms with Gasteiger partial charge < -0.3 is 14.0 Å². The number of rotatable bonds is 5. The van der Waals surface area contributed by atoms with Crippen molar-refractivity contribution in [3.63, 3.8) is 0 Å². The minimum Gasteiger partial charge on any atom is -0.497 e. The number of allylic oxidation sites excluding steroid dienone is 1. The molecule has 1 aliphatic heterocycles. The highest BCUT2D eigenvalue weighted by Crippen LogP contribution is 2.36. The first kappa shape index (κ1) is 23.1. The number of esters is 1. The molecule has 6 heteroatoms. The molecule has 0 aliphatic carbocycles. The van der Waals surface area contributed by atoms with Crippen LogP contribution in [0.1, 0.15) is 29.4 Å². The lowest BCUT2D eigenvalue weighted by atomic mass is 10.0. The summed E-state index contributed by atoms with van der Waals surface area (Å²) in [6, 6.07) is 17.5. The van der Waals surface area contributed by atoms with Crippen LogP contribution >= 0.6 is 0 Å². The lowest BCUT2D eigenvalue weighted by Crippen LogP contribution is -2.24. The summed E-state index contributed by atoms with van der Waals surface area (Å²) < 4.78 is 12.4. The smallest absolute Gasteiger partial charge is 0.340 e. The van der Waals surface area contributed by atoms with E-state index in [0.29, 0.717) is 22.7 Å². The van der Waals surface area contributed by atoms with Crippen molar-refractivity contribution in [3.8, 4) is 11.4 Å². The maximum Gasteiger partial charge on any atom is 0.340 e. The molecule has 2 aromatic carbocycles. The van der Waals surface area contributed by atoms with Crippen molar-refractivity contribution in [2.75, 3.05) is 19.1 Å². The van der Waals surface area contributed by atoms with Crippen molar-refractivity contribution in [1.82, 2.24) is 4.57 Å². The van der Waals surface area contributed by atoms with E-state index in [2.05, 4.69) is 35.8 Å². The second kappa shape index (κ2) is 9.06. The Labute approximate surface area is 199 Å². The summed E-state index contributed by atoms with van der Waals surface area (Å²) in [6.07, 6.45) is 1.79. The molecule has 0 radical (unpaired) electrons. The van der Waals surface area contributed by atoms with E-state index in [0.717, 1.165) is 22.6 Å². The molecule has 0 saturated carbocycles. The molecule has 0 bridgehead atoms. The van der Waals surface area contributed by atoms with Crippen LogP contribution in [0.25, 0.3) is 11.8 Å². The van der Waals surface area contributed by atoms with Crippen LogP contribution in [0.3, 0.4) is 0 Å². The first-order chi connectivity index (χ1) is 16.3. The number of nitrogens with zero attached hydrogens (tertiary/aromatic N) is 2. The van der Waals surface area contributed by atoms with Gasteiger partial charge in [-0.2, -0.15) is 0 Å². The lowest BCUT2D eigenvalue weighted by Gasteiger charge is -2.18. The molecule has 0 spiro atoms. The van der Waals surface area contributed by atoms with E-state index >= 15 is 0 Å². The van der Waals surface area contributed by atoms with Crippen LogP contribution in [0.2, 0.25) is 0 Å². The SMILES string of the molecule is COC(=O)C1=C(C)N(c2ccc(OC)cc2)C(=O)C1=Cc1cc(C)n(-c2ccc(C)cc2)c1C. The molecule has 3 aromatic rings. The largest absolute Gasteiger partial charge is 0.497 e. The monoisotopic (exact) mass is 456 g/mol. The van der Waals surface area contributed by atoms with Gasteiger partial charge in [0.05, 0.1) is 25.4 Å².